The summed E-state index contributed by atoms with van der Waals surface area (Å²) in [4.78, 5) is 27.2. The van der Waals surface area contributed by atoms with Gasteiger partial charge in [0.2, 0.25) is 5.16 Å². The van der Waals surface area contributed by atoms with E-state index in [1.165, 1.54) is 18.9 Å². The molecule has 1 aliphatic rings. The number of carboxylic acids is 1. The van der Waals surface area contributed by atoms with Gasteiger partial charge in [0.15, 0.2) is 18.1 Å². The monoisotopic (exact) mass is 503 g/mol. The smallest absolute Gasteiger partial charge is 0.341 e. The van der Waals surface area contributed by atoms with Crippen molar-refractivity contribution in [2.45, 2.75) is 17.1 Å². The molecule has 2 heterocycles. The third kappa shape index (κ3) is 4.76. The minimum absolute atomic E-state index is 0.243. The number of nitrogens with zero attached hydrogens (tertiary/aromatic N) is 2. The first-order chi connectivity index (χ1) is 17.5. The highest BCUT2D eigenvalue weighted by Gasteiger charge is 2.38. The lowest BCUT2D eigenvalue weighted by Crippen LogP contribution is -2.55. The summed E-state index contributed by atoms with van der Waals surface area (Å²) in [5.41, 5.74) is 3.61. The Morgan fingerprint density at radius 3 is 2.64 bits per heavy atom. The molecule has 182 valence electrons. The molecule has 10 heteroatoms. The summed E-state index contributed by atoms with van der Waals surface area (Å²) in [7, 11) is 1.48. The van der Waals surface area contributed by atoms with Gasteiger partial charge in [0, 0.05) is 16.4 Å². The molecule has 0 amide bonds. The third-order valence-electron chi connectivity index (χ3n) is 5.66. The van der Waals surface area contributed by atoms with Gasteiger partial charge < -0.3 is 19.9 Å². The van der Waals surface area contributed by atoms with E-state index in [0.29, 0.717) is 28.1 Å². The number of thioether (sulfide) groups is 1. The normalized spacial score (nSPS) is 13.8. The maximum atomic E-state index is 13.3. The van der Waals surface area contributed by atoms with Crippen LogP contribution in [0.5, 0.6) is 11.5 Å². The van der Waals surface area contributed by atoms with Gasteiger partial charge in [-0.25, -0.2) is 4.79 Å². The maximum absolute atomic E-state index is 13.3. The third-order valence-corrected chi connectivity index (χ3v) is 6.59. The van der Waals surface area contributed by atoms with Crippen LogP contribution >= 0.6 is 11.8 Å². The van der Waals surface area contributed by atoms with E-state index >= 15 is 0 Å². The molecule has 0 bridgehead atoms. The van der Waals surface area contributed by atoms with Crippen molar-refractivity contribution >= 4 is 23.4 Å². The van der Waals surface area contributed by atoms with Crippen molar-refractivity contribution in [2.75, 3.05) is 19.0 Å². The van der Waals surface area contributed by atoms with Crippen molar-refractivity contribution in [2.24, 2.45) is 0 Å². The Labute approximate surface area is 210 Å². The molecule has 9 nitrogen and oxygen atoms in total. The fourth-order valence-corrected chi connectivity index (χ4v) is 4.82. The fourth-order valence-electron chi connectivity index (χ4n) is 4.02. The molecule has 1 aliphatic heterocycles. The number of para-hydroxylation sites is 1. The minimum Gasteiger partial charge on any atom is -0.493 e. The predicted octanol–water partition coefficient (Wildman–Crippen LogP) is 3.46. The van der Waals surface area contributed by atoms with Crippen molar-refractivity contribution in [3.63, 3.8) is 0 Å². The first-order valence-electron chi connectivity index (χ1n) is 11.1. The summed E-state index contributed by atoms with van der Waals surface area (Å²) in [5.74, 6) is 0.254. The SMILES string of the molecule is COc1cc([C@H]2Nc3ccccc3-c3c(=O)[nH]c(SCc4ccccc4)n[n+]32)ccc1OCC(=O)O. The van der Waals surface area contributed by atoms with Crippen LogP contribution in [0.1, 0.15) is 17.3 Å². The van der Waals surface area contributed by atoms with Gasteiger partial charge >= 0.3 is 17.2 Å². The Kier molecular flexibility index (Phi) is 6.59. The molecule has 4 aromatic rings. The van der Waals surface area contributed by atoms with Gasteiger partial charge in [-0.2, -0.15) is 0 Å². The second kappa shape index (κ2) is 10.1. The number of nitrogens with one attached hydrogen (secondary N) is 2. The van der Waals surface area contributed by atoms with E-state index < -0.39 is 18.7 Å². The molecule has 3 N–H and O–H groups in total. The number of hydrogen-bond donors (Lipinski definition) is 3. The highest BCUT2D eigenvalue weighted by Crippen LogP contribution is 2.35. The number of ether oxygens (including phenoxy) is 2. The van der Waals surface area contributed by atoms with Gasteiger partial charge in [0.05, 0.1) is 18.4 Å². The molecule has 0 saturated heterocycles. The van der Waals surface area contributed by atoms with Crippen LogP contribution in [0.2, 0.25) is 0 Å². The molecule has 0 unspecified atom stereocenters. The number of aromatic nitrogens is 3. The minimum atomic E-state index is -1.08. The van der Waals surface area contributed by atoms with Crippen LogP contribution in [0.4, 0.5) is 5.69 Å². The van der Waals surface area contributed by atoms with Crippen molar-refractivity contribution in [3.05, 3.63) is 94.3 Å². The average molecular weight is 504 g/mol. The van der Waals surface area contributed by atoms with E-state index in [2.05, 4.69) is 10.3 Å². The summed E-state index contributed by atoms with van der Waals surface area (Å²) < 4.78 is 12.5. The molecule has 0 spiro atoms. The van der Waals surface area contributed by atoms with E-state index in [-0.39, 0.29) is 5.56 Å². The zero-order chi connectivity index (χ0) is 25.1. The number of methoxy groups -OCH3 is 1. The predicted molar refractivity (Wildman–Crippen MR) is 134 cm³/mol. The van der Waals surface area contributed by atoms with Crippen molar-refractivity contribution in [1.29, 1.82) is 0 Å². The topological polar surface area (TPSA) is 117 Å². The summed E-state index contributed by atoms with van der Waals surface area (Å²) in [6, 6.07) is 22.7. The average Bonchev–Trinajstić information content (AvgIpc) is 2.90. The van der Waals surface area contributed by atoms with Crippen LogP contribution in [-0.4, -0.2) is 34.9 Å². The number of fused-ring (bicyclic) bond motifs is 3. The van der Waals surface area contributed by atoms with E-state index in [1.807, 2.05) is 54.6 Å². The molecule has 5 rings (SSSR count). The fraction of sp³-hybridized carbons (Fsp3) is 0.154. The van der Waals surface area contributed by atoms with E-state index in [0.717, 1.165) is 22.4 Å². The lowest BCUT2D eigenvalue weighted by atomic mass is 10.0. The molecule has 0 saturated carbocycles. The molecule has 1 atom stereocenters. The summed E-state index contributed by atoms with van der Waals surface area (Å²) >= 11 is 1.44. The second-order valence-electron chi connectivity index (χ2n) is 8.01. The molecule has 1 aromatic heterocycles. The molecular formula is C26H23N4O5S+. The van der Waals surface area contributed by atoms with Crippen molar-refractivity contribution < 1.29 is 24.1 Å². The number of aliphatic carboxylic acids is 1. The summed E-state index contributed by atoms with van der Waals surface area (Å²) in [5, 5.41) is 17.7. The zero-order valence-electron chi connectivity index (χ0n) is 19.3. The first-order valence-corrected chi connectivity index (χ1v) is 12.1. The Balaban J connectivity index is 1.56. The van der Waals surface area contributed by atoms with E-state index in [1.54, 1.807) is 22.9 Å². The van der Waals surface area contributed by atoms with Crippen molar-refractivity contribution in [1.82, 2.24) is 10.1 Å². The van der Waals surface area contributed by atoms with Gasteiger partial charge in [-0.1, -0.05) is 54.2 Å². The first kappa shape index (κ1) is 23.4. The van der Waals surface area contributed by atoms with Crippen LogP contribution in [0.15, 0.2) is 82.7 Å². The lowest BCUT2D eigenvalue weighted by molar-refractivity contribution is -0.759. The zero-order valence-corrected chi connectivity index (χ0v) is 20.1. The van der Waals surface area contributed by atoms with Crippen LogP contribution < -0.4 is 25.0 Å². The highest BCUT2D eigenvalue weighted by molar-refractivity contribution is 7.98. The van der Waals surface area contributed by atoms with Gasteiger partial charge in [0.1, 0.15) is 0 Å². The van der Waals surface area contributed by atoms with Crippen molar-refractivity contribution in [3.8, 4) is 22.8 Å². The Morgan fingerprint density at radius 2 is 1.86 bits per heavy atom. The Hall–Kier alpha value is -4.31. The molecule has 3 aromatic carbocycles. The van der Waals surface area contributed by atoms with E-state index in [9.17, 15) is 9.59 Å². The lowest BCUT2D eigenvalue weighted by Gasteiger charge is -2.23. The molecule has 36 heavy (non-hydrogen) atoms. The summed E-state index contributed by atoms with van der Waals surface area (Å²) in [6.45, 7) is -0.485. The van der Waals surface area contributed by atoms with Gasteiger partial charge in [-0.3, -0.25) is 9.78 Å². The number of benzene rings is 3. The number of hydrogen-bond acceptors (Lipinski definition) is 7. The van der Waals surface area contributed by atoms with Gasteiger partial charge in [-0.05, 0) is 40.6 Å². The Bertz CT molecular complexity index is 1480. The quantitative estimate of drug-likeness (QED) is 0.247. The molecule has 0 radical (unpaired) electrons. The Morgan fingerprint density at radius 1 is 1.08 bits per heavy atom. The maximum Gasteiger partial charge on any atom is 0.341 e. The van der Waals surface area contributed by atoms with Crippen LogP contribution in [0, 0.1) is 0 Å². The number of anilines is 1. The van der Waals surface area contributed by atoms with Crippen LogP contribution in [0.25, 0.3) is 11.3 Å². The van der Waals surface area contributed by atoms with E-state index in [4.69, 9.17) is 19.7 Å². The molecule has 0 aliphatic carbocycles. The van der Waals surface area contributed by atoms with Crippen LogP contribution in [-0.2, 0) is 10.5 Å². The van der Waals surface area contributed by atoms with Gasteiger partial charge in [-0.15, -0.1) is 0 Å². The second-order valence-corrected chi connectivity index (χ2v) is 8.98. The highest BCUT2D eigenvalue weighted by atomic mass is 32.2. The summed E-state index contributed by atoms with van der Waals surface area (Å²) in [6.07, 6.45) is -0.518. The standard InChI is InChI=1S/C26H22N4O5S/c1-34-21-13-17(11-12-20(21)35-14-22(31)32)24-27-19-10-6-5-9-18(19)23-25(33)28-26(29-30(23)24)36-15-16-7-3-2-4-8-16/h2-13,24H,14-15H2,1H3,(H2,28,29,31,32,33)/p+1/t24-/m0/s1. The van der Waals surface area contributed by atoms with Gasteiger partial charge in [0.25, 0.3) is 6.17 Å². The van der Waals surface area contributed by atoms with Crippen LogP contribution in [0.3, 0.4) is 0 Å². The number of carbonyl (C=O) groups is 1. The molecular weight excluding hydrogens is 480 g/mol. The number of H-pyrrole nitrogens is 1. The largest absolute Gasteiger partial charge is 0.493 e. The number of carboxylic acid groups (broad SMARTS) is 1. The molecule has 0 fully saturated rings. The number of aromatic amines is 1. The number of rotatable bonds is 8.